The van der Waals surface area contributed by atoms with Crippen LogP contribution in [0.4, 0.5) is 0 Å². The minimum atomic E-state index is -0.267. The molecule has 2 N–H and O–H groups in total. The number of pyridine rings is 1. The lowest BCUT2D eigenvalue weighted by Crippen LogP contribution is -2.34. The molecule has 2 unspecified atom stereocenters. The highest BCUT2D eigenvalue weighted by molar-refractivity contribution is 5.07. The second-order valence-corrected chi connectivity index (χ2v) is 4.53. The average Bonchev–Trinajstić information content (AvgIpc) is 2.38. The van der Waals surface area contributed by atoms with Crippen LogP contribution in [0.1, 0.15) is 45.3 Å². The van der Waals surface area contributed by atoms with E-state index in [0.29, 0.717) is 12.5 Å². The van der Waals surface area contributed by atoms with Crippen LogP contribution < -0.4 is 5.32 Å². The third kappa shape index (κ3) is 4.44. The first-order chi connectivity index (χ1) is 8.19. The van der Waals surface area contributed by atoms with E-state index in [4.69, 9.17) is 0 Å². The molecule has 0 fully saturated rings. The molecule has 1 aromatic rings. The highest BCUT2D eigenvalue weighted by atomic mass is 16.3. The van der Waals surface area contributed by atoms with Gasteiger partial charge in [0.15, 0.2) is 0 Å². The van der Waals surface area contributed by atoms with E-state index in [-0.39, 0.29) is 12.1 Å². The third-order valence-electron chi connectivity index (χ3n) is 3.36. The van der Waals surface area contributed by atoms with Crippen molar-refractivity contribution in [3.05, 3.63) is 30.1 Å². The predicted octanol–water partition coefficient (Wildman–Crippen LogP) is 2.53. The average molecular weight is 236 g/mol. The van der Waals surface area contributed by atoms with E-state index < -0.39 is 0 Å². The van der Waals surface area contributed by atoms with E-state index in [9.17, 15) is 5.11 Å². The summed E-state index contributed by atoms with van der Waals surface area (Å²) in [5, 5.41) is 13.4. The van der Waals surface area contributed by atoms with Crippen molar-refractivity contribution in [3.63, 3.8) is 0 Å². The molecule has 1 rings (SSSR count). The molecule has 1 heterocycles. The molecular formula is C14H24N2O. The summed E-state index contributed by atoms with van der Waals surface area (Å²) in [6, 6.07) is 6.08. The zero-order valence-electron chi connectivity index (χ0n) is 11.1. The van der Waals surface area contributed by atoms with Crippen LogP contribution >= 0.6 is 0 Å². The van der Waals surface area contributed by atoms with Crippen LogP contribution in [0.15, 0.2) is 24.4 Å². The van der Waals surface area contributed by atoms with Crippen molar-refractivity contribution in [1.82, 2.24) is 10.3 Å². The van der Waals surface area contributed by atoms with Crippen molar-refractivity contribution < 1.29 is 5.11 Å². The highest BCUT2D eigenvalue weighted by Gasteiger charge is 2.16. The van der Waals surface area contributed by atoms with Gasteiger partial charge in [-0.25, -0.2) is 0 Å². The molecule has 0 amide bonds. The summed E-state index contributed by atoms with van der Waals surface area (Å²) in [5.74, 6) is 0.387. The Morgan fingerprint density at radius 3 is 2.53 bits per heavy atom. The van der Waals surface area contributed by atoms with Gasteiger partial charge in [-0.1, -0.05) is 32.8 Å². The number of hydrogen-bond acceptors (Lipinski definition) is 3. The Balaban J connectivity index is 2.40. The van der Waals surface area contributed by atoms with Gasteiger partial charge < -0.3 is 10.4 Å². The Kier molecular flexibility index (Phi) is 6.16. The molecule has 0 spiro atoms. The van der Waals surface area contributed by atoms with Gasteiger partial charge in [-0.05, 0) is 25.0 Å². The van der Waals surface area contributed by atoms with Gasteiger partial charge in [-0.3, -0.25) is 4.98 Å². The Bertz CT molecular complexity index is 298. The molecule has 0 radical (unpaired) electrons. The van der Waals surface area contributed by atoms with Crippen molar-refractivity contribution in [2.75, 3.05) is 6.54 Å². The first kappa shape index (κ1) is 14.1. The van der Waals surface area contributed by atoms with Crippen molar-refractivity contribution in [2.45, 2.75) is 45.8 Å². The largest absolute Gasteiger partial charge is 0.392 e. The van der Waals surface area contributed by atoms with Gasteiger partial charge in [0.1, 0.15) is 0 Å². The maximum atomic E-state index is 10.0. The molecule has 3 nitrogen and oxygen atoms in total. The summed E-state index contributed by atoms with van der Waals surface area (Å²) >= 11 is 0. The number of aliphatic hydroxyl groups excluding tert-OH is 1. The van der Waals surface area contributed by atoms with Gasteiger partial charge in [0, 0.05) is 18.8 Å². The van der Waals surface area contributed by atoms with Crippen molar-refractivity contribution in [2.24, 2.45) is 5.92 Å². The van der Waals surface area contributed by atoms with E-state index in [1.165, 1.54) is 0 Å². The molecule has 0 bridgehead atoms. The van der Waals surface area contributed by atoms with E-state index in [1.54, 1.807) is 6.20 Å². The van der Waals surface area contributed by atoms with Crippen LogP contribution in [0.25, 0.3) is 0 Å². The first-order valence-corrected chi connectivity index (χ1v) is 6.51. The molecular weight excluding hydrogens is 212 g/mol. The smallest absolute Gasteiger partial charge is 0.0692 e. The van der Waals surface area contributed by atoms with Crippen molar-refractivity contribution in [1.29, 1.82) is 0 Å². The SMILES string of the molecule is CCC(CC)C(O)CNC(C)c1ccccn1. The fourth-order valence-electron chi connectivity index (χ4n) is 2.03. The second kappa shape index (κ2) is 7.41. The zero-order valence-corrected chi connectivity index (χ0v) is 11.1. The lowest BCUT2D eigenvalue weighted by Gasteiger charge is -2.22. The number of hydrogen-bond donors (Lipinski definition) is 2. The number of nitrogens with zero attached hydrogens (tertiary/aromatic N) is 1. The van der Waals surface area contributed by atoms with Crippen LogP contribution in [0.2, 0.25) is 0 Å². The quantitative estimate of drug-likeness (QED) is 0.764. The lowest BCUT2D eigenvalue weighted by atomic mass is 9.96. The van der Waals surface area contributed by atoms with Crippen LogP contribution in [-0.2, 0) is 0 Å². The molecule has 0 aliphatic carbocycles. The molecule has 1 aromatic heterocycles. The third-order valence-corrected chi connectivity index (χ3v) is 3.36. The Hall–Kier alpha value is -0.930. The summed E-state index contributed by atoms with van der Waals surface area (Å²) in [5.41, 5.74) is 1.02. The lowest BCUT2D eigenvalue weighted by molar-refractivity contribution is 0.0987. The van der Waals surface area contributed by atoms with E-state index >= 15 is 0 Å². The van der Waals surface area contributed by atoms with Gasteiger partial charge in [0.25, 0.3) is 0 Å². The molecule has 0 saturated carbocycles. The molecule has 0 aromatic carbocycles. The minimum Gasteiger partial charge on any atom is -0.392 e. The van der Waals surface area contributed by atoms with E-state index in [2.05, 4.69) is 31.1 Å². The van der Waals surface area contributed by atoms with Gasteiger partial charge in [-0.15, -0.1) is 0 Å². The van der Waals surface area contributed by atoms with Crippen LogP contribution in [0.5, 0.6) is 0 Å². The van der Waals surface area contributed by atoms with E-state index in [0.717, 1.165) is 18.5 Å². The molecule has 0 aliphatic heterocycles. The molecule has 0 saturated heterocycles. The standard InChI is InChI=1S/C14H24N2O/c1-4-12(5-2)14(17)10-16-11(3)13-8-6-7-9-15-13/h6-9,11-12,14,16-17H,4-5,10H2,1-3H3. The molecule has 0 aliphatic rings. The maximum absolute atomic E-state index is 10.0. The number of aliphatic hydroxyl groups is 1. The van der Waals surface area contributed by atoms with Crippen LogP contribution in [0.3, 0.4) is 0 Å². The normalized spacial score (nSPS) is 14.9. The highest BCUT2D eigenvalue weighted by Crippen LogP contribution is 2.14. The van der Waals surface area contributed by atoms with Gasteiger partial charge in [-0.2, -0.15) is 0 Å². The summed E-state index contributed by atoms with van der Waals surface area (Å²) in [4.78, 5) is 4.30. The fraction of sp³-hybridized carbons (Fsp3) is 0.643. The Labute approximate surface area is 104 Å². The number of rotatable bonds is 7. The minimum absolute atomic E-state index is 0.181. The van der Waals surface area contributed by atoms with Crippen LogP contribution in [-0.4, -0.2) is 22.7 Å². The summed E-state index contributed by atoms with van der Waals surface area (Å²) in [6.07, 6.45) is 3.58. The maximum Gasteiger partial charge on any atom is 0.0692 e. The van der Waals surface area contributed by atoms with Crippen molar-refractivity contribution >= 4 is 0 Å². The van der Waals surface area contributed by atoms with Gasteiger partial charge >= 0.3 is 0 Å². The van der Waals surface area contributed by atoms with E-state index in [1.807, 2.05) is 18.2 Å². The fourth-order valence-corrected chi connectivity index (χ4v) is 2.03. The predicted molar refractivity (Wildman–Crippen MR) is 70.7 cm³/mol. The molecule has 17 heavy (non-hydrogen) atoms. The van der Waals surface area contributed by atoms with Crippen LogP contribution in [0, 0.1) is 5.92 Å². The zero-order chi connectivity index (χ0) is 12.7. The van der Waals surface area contributed by atoms with Gasteiger partial charge in [0.2, 0.25) is 0 Å². The molecule has 3 heteroatoms. The molecule has 96 valence electrons. The topological polar surface area (TPSA) is 45.1 Å². The summed E-state index contributed by atoms with van der Waals surface area (Å²) in [6.45, 7) is 6.95. The molecule has 2 atom stereocenters. The Morgan fingerprint density at radius 2 is 2.00 bits per heavy atom. The van der Waals surface area contributed by atoms with Crippen molar-refractivity contribution in [3.8, 4) is 0 Å². The van der Waals surface area contributed by atoms with Gasteiger partial charge in [0.05, 0.1) is 11.8 Å². The first-order valence-electron chi connectivity index (χ1n) is 6.51. The summed E-state index contributed by atoms with van der Waals surface area (Å²) in [7, 11) is 0. The monoisotopic (exact) mass is 236 g/mol. The second-order valence-electron chi connectivity index (χ2n) is 4.53. The number of nitrogens with one attached hydrogen (secondary N) is 1. The summed E-state index contributed by atoms with van der Waals surface area (Å²) < 4.78 is 0. The Morgan fingerprint density at radius 1 is 1.29 bits per heavy atom. The number of aromatic nitrogens is 1.